The second-order valence-electron chi connectivity index (χ2n) is 7.56. The van der Waals surface area contributed by atoms with Gasteiger partial charge in [-0.25, -0.2) is 13.2 Å². The molecule has 0 saturated heterocycles. The molecule has 0 bridgehead atoms. The van der Waals surface area contributed by atoms with E-state index >= 15 is 0 Å². The van der Waals surface area contributed by atoms with Crippen molar-refractivity contribution in [2.75, 3.05) is 7.11 Å². The minimum Gasteiger partial charge on any atom is -0.463 e. The van der Waals surface area contributed by atoms with Crippen LogP contribution in [0.4, 0.5) is 0 Å². The van der Waals surface area contributed by atoms with Gasteiger partial charge in [-0.2, -0.15) is 0 Å². The van der Waals surface area contributed by atoms with Crippen LogP contribution in [0.15, 0.2) is 46.2 Å². The molecule has 6 nitrogen and oxygen atoms in total. The summed E-state index contributed by atoms with van der Waals surface area (Å²) in [7, 11) is -2.50. The van der Waals surface area contributed by atoms with E-state index in [-0.39, 0.29) is 15.5 Å². The van der Waals surface area contributed by atoms with Crippen LogP contribution in [0.5, 0.6) is 11.5 Å². The molecule has 1 aliphatic heterocycles. The second kappa shape index (κ2) is 7.71. The predicted molar refractivity (Wildman–Crippen MR) is 106 cm³/mol. The molecule has 7 heteroatoms. The number of rotatable bonds is 4. The molecule has 1 fully saturated rings. The van der Waals surface area contributed by atoms with Gasteiger partial charge < -0.3 is 14.2 Å². The largest absolute Gasteiger partial charge is 0.463 e. The zero-order valence-corrected chi connectivity index (χ0v) is 17.3. The molecular weight excluding hydrogens is 392 g/mol. The Morgan fingerprint density at radius 2 is 1.62 bits per heavy atom. The first-order valence-corrected chi connectivity index (χ1v) is 11.3. The predicted octanol–water partition coefficient (Wildman–Crippen LogP) is 4.15. The molecule has 0 spiro atoms. The van der Waals surface area contributed by atoms with Crippen LogP contribution in [-0.2, 0) is 19.4 Å². The van der Waals surface area contributed by atoms with Gasteiger partial charge >= 0.3 is 12.3 Å². The molecule has 0 aromatic heterocycles. The lowest BCUT2D eigenvalue weighted by Gasteiger charge is -2.22. The highest BCUT2D eigenvalue weighted by molar-refractivity contribution is 7.91. The topological polar surface area (TPSA) is 78.9 Å². The van der Waals surface area contributed by atoms with E-state index in [1.807, 2.05) is 12.1 Å². The molecule has 2 aliphatic rings. The van der Waals surface area contributed by atoms with Gasteiger partial charge in [-0.15, -0.1) is 0 Å². The Hall–Kier alpha value is -2.54. The standard InChI is InChI=1S/C22H24O6S/c1-14-12-18-19(28-22(27-18)21(23)26-2)13-20(14)29(24,25)17-10-8-16(9-11-17)15-6-4-3-5-7-15/h8-13,15,22H,3-7H2,1-2H3. The summed E-state index contributed by atoms with van der Waals surface area (Å²) >= 11 is 0. The molecule has 0 amide bonds. The van der Waals surface area contributed by atoms with Crippen molar-refractivity contribution < 1.29 is 27.4 Å². The van der Waals surface area contributed by atoms with Crippen molar-refractivity contribution >= 4 is 15.8 Å². The van der Waals surface area contributed by atoms with Gasteiger partial charge in [-0.3, -0.25) is 0 Å². The average molecular weight is 416 g/mol. The first-order chi connectivity index (χ1) is 13.9. The Morgan fingerprint density at radius 1 is 1.00 bits per heavy atom. The Bertz CT molecular complexity index is 1020. The third-order valence-electron chi connectivity index (χ3n) is 5.66. The number of hydrogen-bond acceptors (Lipinski definition) is 6. The van der Waals surface area contributed by atoms with Gasteiger partial charge in [0.15, 0.2) is 11.5 Å². The van der Waals surface area contributed by atoms with E-state index in [0.29, 0.717) is 17.2 Å². The molecule has 0 N–H and O–H groups in total. The van der Waals surface area contributed by atoms with Gasteiger partial charge in [0.05, 0.1) is 16.9 Å². The molecule has 1 unspecified atom stereocenters. The first-order valence-electron chi connectivity index (χ1n) is 9.81. The highest BCUT2D eigenvalue weighted by atomic mass is 32.2. The number of hydrogen-bond donors (Lipinski definition) is 0. The van der Waals surface area contributed by atoms with Crippen molar-refractivity contribution in [1.29, 1.82) is 0 Å². The third kappa shape index (κ3) is 3.71. The fourth-order valence-electron chi connectivity index (χ4n) is 4.05. The molecule has 1 saturated carbocycles. The first kappa shape index (κ1) is 19.8. The summed E-state index contributed by atoms with van der Waals surface area (Å²) in [5, 5.41) is 0. The fraction of sp³-hybridized carbons (Fsp3) is 0.409. The highest BCUT2D eigenvalue weighted by Gasteiger charge is 2.34. The SMILES string of the molecule is COC(=O)C1Oc2cc(C)c(S(=O)(=O)c3ccc(C4CCCCC4)cc3)cc2O1. The molecule has 4 rings (SSSR count). The summed E-state index contributed by atoms with van der Waals surface area (Å²) in [5.74, 6) is 0.373. The van der Waals surface area contributed by atoms with Crippen LogP contribution in [0, 0.1) is 6.92 Å². The van der Waals surface area contributed by atoms with E-state index < -0.39 is 22.1 Å². The summed E-state index contributed by atoms with van der Waals surface area (Å²) in [5.41, 5.74) is 1.72. The van der Waals surface area contributed by atoms with Crippen molar-refractivity contribution in [2.45, 2.75) is 61.0 Å². The number of esters is 1. The van der Waals surface area contributed by atoms with Crippen LogP contribution in [0.1, 0.15) is 49.1 Å². The molecule has 2 aromatic carbocycles. The van der Waals surface area contributed by atoms with Crippen molar-refractivity contribution in [1.82, 2.24) is 0 Å². The van der Waals surface area contributed by atoms with E-state index in [4.69, 9.17) is 9.47 Å². The maximum Gasteiger partial charge on any atom is 0.389 e. The molecule has 2 aromatic rings. The van der Waals surface area contributed by atoms with Crippen molar-refractivity contribution in [3.05, 3.63) is 47.5 Å². The number of carbonyl (C=O) groups excluding carboxylic acids is 1. The van der Waals surface area contributed by atoms with Crippen molar-refractivity contribution in [2.24, 2.45) is 0 Å². The quantitative estimate of drug-likeness (QED) is 0.697. The highest BCUT2D eigenvalue weighted by Crippen LogP contribution is 2.40. The minimum absolute atomic E-state index is 0.135. The minimum atomic E-state index is -3.73. The Labute approximate surface area is 170 Å². The van der Waals surface area contributed by atoms with Crippen molar-refractivity contribution in [3.8, 4) is 11.5 Å². The molecule has 154 valence electrons. The zero-order chi connectivity index (χ0) is 20.6. The Balaban J connectivity index is 1.62. The number of benzene rings is 2. The molecule has 29 heavy (non-hydrogen) atoms. The van der Waals surface area contributed by atoms with Gasteiger partial charge in [-0.1, -0.05) is 31.4 Å². The van der Waals surface area contributed by atoms with E-state index in [1.165, 1.54) is 38.0 Å². The Kier molecular flexibility index (Phi) is 5.25. The van der Waals surface area contributed by atoms with E-state index in [0.717, 1.165) is 12.8 Å². The molecule has 0 radical (unpaired) electrons. The fourth-order valence-corrected chi connectivity index (χ4v) is 5.54. The summed E-state index contributed by atoms with van der Waals surface area (Å²) in [6, 6.07) is 10.2. The normalized spacial score (nSPS) is 19.2. The summed E-state index contributed by atoms with van der Waals surface area (Å²) in [6.07, 6.45) is 4.84. The maximum absolute atomic E-state index is 13.2. The average Bonchev–Trinajstić information content (AvgIpc) is 3.16. The van der Waals surface area contributed by atoms with E-state index in [9.17, 15) is 13.2 Å². The maximum atomic E-state index is 13.2. The monoisotopic (exact) mass is 416 g/mol. The van der Waals surface area contributed by atoms with Crippen LogP contribution in [0.2, 0.25) is 0 Å². The van der Waals surface area contributed by atoms with Gasteiger partial charge in [0.1, 0.15) is 0 Å². The molecule has 1 atom stereocenters. The van der Waals surface area contributed by atoms with Crippen LogP contribution in [0.25, 0.3) is 0 Å². The van der Waals surface area contributed by atoms with Gasteiger partial charge in [-0.05, 0) is 55.0 Å². The number of aryl methyl sites for hydroxylation is 1. The second-order valence-corrected chi connectivity index (χ2v) is 9.48. The smallest absolute Gasteiger partial charge is 0.389 e. The van der Waals surface area contributed by atoms with Crippen LogP contribution >= 0.6 is 0 Å². The lowest BCUT2D eigenvalue weighted by molar-refractivity contribution is -0.158. The van der Waals surface area contributed by atoms with E-state index in [1.54, 1.807) is 25.1 Å². The number of carbonyl (C=O) groups is 1. The van der Waals surface area contributed by atoms with Crippen LogP contribution < -0.4 is 9.47 Å². The van der Waals surface area contributed by atoms with E-state index in [2.05, 4.69) is 4.74 Å². The summed E-state index contributed by atoms with van der Waals surface area (Å²) in [4.78, 5) is 12.0. The van der Waals surface area contributed by atoms with Crippen LogP contribution in [0.3, 0.4) is 0 Å². The third-order valence-corrected chi connectivity index (χ3v) is 7.57. The van der Waals surface area contributed by atoms with Gasteiger partial charge in [0.25, 0.3) is 0 Å². The van der Waals surface area contributed by atoms with Crippen molar-refractivity contribution in [3.63, 3.8) is 0 Å². The molecular formula is C22H24O6S. The lowest BCUT2D eigenvalue weighted by Crippen LogP contribution is -2.30. The lowest BCUT2D eigenvalue weighted by atomic mass is 9.84. The number of sulfone groups is 1. The summed E-state index contributed by atoms with van der Waals surface area (Å²) < 4.78 is 41.9. The number of fused-ring (bicyclic) bond motifs is 1. The van der Waals surface area contributed by atoms with Gasteiger partial charge in [0, 0.05) is 6.07 Å². The molecule has 1 heterocycles. The number of ether oxygens (including phenoxy) is 3. The molecule has 1 aliphatic carbocycles. The Morgan fingerprint density at radius 3 is 2.24 bits per heavy atom. The zero-order valence-electron chi connectivity index (χ0n) is 16.5. The van der Waals surface area contributed by atoms with Gasteiger partial charge in [0.2, 0.25) is 9.84 Å². The number of methoxy groups -OCH3 is 1. The van der Waals surface area contributed by atoms with Crippen LogP contribution in [-0.4, -0.2) is 27.8 Å². The summed E-state index contributed by atoms with van der Waals surface area (Å²) in [6.45, 7) is 1.69.